The summed E-state index contributed by atoms with van der Waals surface area (Å²) in [6.45, 7) is 0.140. The Labute approximate surface area is 168 Å². The molecule has 3 heterocycles. The van der Waals surface area contributed by atoms with Gasteiger partial charge >= 0.3 is 0 Å². The zero-order valence-electron chi connectivity index (χ0n) is 15.0. The number of nitrogens with one attached hydrogen (secondary N) is 1. The van der Waals surface area contributed by atoms with E-state index in [4.69, 9.17) is 16.1 Å². The minimum Gasteiger partial charge on any atom is -0.345 e. The van der Waals surface area contributed by atoms with Gasteiger partial charge in [-0.3, -0.25) is 9.20 Å². The number of carbonyl (C=O) groups excluding carboxylic acids is 1. The molecule has 0 aliphatic heterocycles. The maximum atomic E-state index is 13.2. The van der Waals surface area contributed by atoms with E-state index in [1.54, 1.807) is 16.7 Å². The SMILES string of the molecule is O=C(NCc1nnc2cc(-c3nc(C4CC4)no3)ccn12)c1ccc(F)c(Cl)c1. The van der Waals surface area contributed by atoms with Crippen LogP contribution in [0.3, 0.4) is 0 Å². The van der Waals surface area contributed by atoms with Crippen molar-refractivity contribution in [3.63, 3.8) is 0 Å². The fourth-order valence-electron chi connectivity index (χ4n) is 2.95. The van der Waals surface area contributed by atoms with Crippen LogP contribution in [0.5, 0.6) is 0 Å². The highest BCUT2D eigenvalue weighted by Gasteiger charge is 2.29. The predicted octanol–water partition coefficient (Wildman–Crippen LogP) is 3.38. The van der Waals surface area contributed by atoms with Crippen LogP contribution in [0, 0.1) is 5.82 Å². The highest BCUT2D eigenvalue weighted by atomic mass is 35.5. The summed E-state index contributed by atoms with van der Waals surface area (Å²) < 4.78 is 20.3. The molecule has 1 aromatic carbocycles. The van der Waals surface area contributed by atoms with Crippen molar-refractivity contribution in [2.45, 2.75) is 25.3 Å². The summed E-state index contributed by atoms with van der Waals surface area (Å²) in [5, 5.41) is 14.9. The lowest BCUT2D eigenvalue weighted by molar-refractivity contribution is 0.0949. The van der Waals surface area contributed by atoms with E-state index in [1.807, 2.05) is 6.07 Å². The molecule has 0 atom stereocenters. The average Bonchev–Trinajstić information content (AvgIpc) is 3.32. The van der Waals surface area contributed by atoms with Crippen molar-refractivity contribution < 1.29 is 13.7 Å². The first-order valence-corrected chi connectivity index (χ1v) is 9.37. The van der Waals surface area contributed by atoms with Crippen LogP contribution in [-0.2, 0) is 6.54 Å². The summed E-state index contributed by atoms with van der Waals surface area (Å²) in [6, 6.07) is 7.41. The van der Waals surface area contributed by atoms with Gasteiger partial charge in [0.2, 0.25) is 0 Å². The number of benzene rings is 1. The van der Waals surface area contributed by atoms with Gasteiger partial charge in [0.25, 0.3) is 11.8 Å². The van der Waals surface area contributed by atoms with Crippen molar-refractivity contribution in [2.75, 3.05) is 0 Å². The quantitative estimate of drug-likeness (QED) is 0.539. The van der Waals surface area contributed by atoms with Gasteiger partial charge in [0, 0.05) is 23.2 Å². The number of halogens is 2. The number of fused-ring (bicyclic) bond motifs is 1. The van der Waals surface area contributed by atoms with Crippen molar-refractivity contribution in [2.24, 2.45) is 0 Å². The molecular weight excluding hydrogens is 399 g/mol. The third-order valence-corrected chi connectivity index (χ3v) is 4.99. The molecule has 4 aromatic rings. The molecule has 5 rings (SSSR count). The van der Waals surface area contributed by atoms with Crippen molar-refractivity contribution in [1.29, 1.82) is 0 Å². The van der Waals surface area contributed by atoms with Crippen LogP contribution in [0.4, 0.5) is 4.39 Å². The lowest BCUT2D eigenvalue weighted by Crippen LogP contribution is -2.24. The van der Waals surface area contributed by atoms with E-state index in [0.717, 1.165) is 30.3 Å². The minimum atomic E-state index is -0.576. The molecule has 1 N–H and O–H groups in total. The van der Waals surface area contributed by atoms with E-state index in [9.17, 15) is 9.18 Å². The molecule has 10 heteroatoms. The van der Waals surface area contributed by atoms with E-state index in [-0.39, 0.29) is 17.1 Å². The Morgan fingerprint density at radius 3 is 2.93 bits per heavy atom. The lowest BCUT2D eigenvalue weighted by Gasteiger charge is -2.05. The summed E-state index contributed by atoms with van der Waals surface area (Å²) in [4.78, 5) is 16.7. The number of amides is 1. The summed E-state index contributed by atoms with van der Waals surface area (Å²) >= 11 is 5.72. The highest BCUT2D eigenvalue weighted by molar-refractivity contribution is 6.31. The number of hydrogen-bond acceptors (Lipinski definition) is 6. The molecule has 1 aliphatic carbocycles. The zero-order chi connectivity index (χ0) is 20.0. The molecule has 0 spiro atoms. The molecule has 3 aromatic heterocycles. The van der Waals surface area contributed by atoms with Crippen LogP contribution in [0.25, 0.3) is 17.1 Å². The van der Waals surface area contributed by atoms with E-state index < -0.39 is 11.7 Å². The van der Waals surface area contributed by atoms with E-state index >= 15 is 0 Å². The normalized spacial score (nSPS) is 13.7. The second-order valence-corrected chi connectivity index (χ2v) is 7.21. The number of nitrogens with zero attached hydrogens (tertiary/aromatic N) is 5. The highest BCUT2D eigenvalue weighted by Crippen LogP contribution is 2.38. The van der Waals surface area contributed by atoms with Gasteiger partial charge in [-0.05, 0) is 43.2 Å². The maximum absolute atomic E-state index is 13.2. The molecule has 8 nitrogen and oxygen atoms in total. The van der Waals surface area contributed by atoms with Crippen LogP contribution in [0.1, 0.15) is 40.8 Å². The minimum absolute atomic E-state index is 0.107. The second-order valence-electron chi connectivity index (χ2n) is 6.80. The molecule has 0 radical (unpaired) electrons. The Bertz CT molecular complexity index is 1230. The molecule has 1 saturated carbocycles. The first-order chi connectivity index (χ1) is 14.1. The largest absolute Gasteiger partial charge is 0.345 e. The van der Waals surface area contributed by atoms with Gasteiger partial charge in [-0.15, -0.1) is 10.2 Å². The third-order valence-electron chi connectivity index (χ3n) is 4.70. The molecule has 29 heavy (non-hydrogen) atoms. The average molecular weight is 413 g/mol. The first-order valence-electron chi connectivity index (χ1n) is 8.99. The third kappa shape index (κ3) is 3.44. The van der Waals surface area contributed by atoms with Gasteiger partial charge in [0.05, 0.1) is 11.6 Å². The van der Waals surface area contributed by atoms with Crippen molar-refractivity contribution in [3.8, 4) is 11.5 Å². The number of hydrogen-bond donors (Lipinski definition) is 1. The summed E-state index contributed by atoms with van der Waals surface area (Å²) in [7, 11) is 0. The van der Waals surface area contributed by atoms with E-state index in [1.165, 1.54) is 12.1 Å². The van der Waals surface area contributed by atoms with Crippen molar-refractivity contribution >= 4 is 23.2 Å². The van der Waals surface area contributed by atoms with Crippen molar-refractivity contribution in [1.82, 2.24) is 30.1 Å². The van der Waals surface area contributed by atoms with Gasteiger partial charge in [-0.2, -0.15) is 4.98 Å². The first kappa shape index (κ1) is 17.7. The number of aromatic nitrogens is 5. The van der Waals surface area contributed by atoms with Gasteiger partial charge in [-0.1, -0.05) is 16.8 Å². The molecule has 0 bridgehead atoms. The van der Waals surface area contributed by atoms with Gasteiger partial charge in [0.1, 0.15) is 5.82 Å². The predicted molar refractivity (Wildman–Crippen MR) is 101 cm³/mol. The van der Waals surface area contributed by atoms with E-state index in [2.05, 4.69) is 25.7 Å². The topological polar surface area (TPSA) is 98.2 Å². The Balaban J connectivity index is 1.33. The van der Waals surface area contributed by atoms with Crippen LogP contribution >= 0.6 is 11.6 Å². The molecule has 0 unspecified atom stereocenters. The molecule has 1 aliphatic rings. The Hall–Kier alpha value is -3.33. The van der Waals surface area contributed by atoms with Crippen LogP contribution < -0.4 is 5.32 Å². The van der Waals surface area contributed by atoms with Crippen LogP contribution in [0.2, 0.25) is 5.02 Å². The second kappa shape index (κ2) is 6.93. The zero-order valence-corrected chi connectivity index (χ0v) is 15.7. The Kier molecular flexibility index (Phi) is 4.24. The standard InChI is InChI=1S/C19H14ClFN6O2/c20-13-7-11(3-4-14(13)21)18(28)22-9-16-25-24-15-8-12(5-6-27(15)16)19-23-17(26-29-19)10-1-2-10/h3-8,10H,1-2,9H2,(H,22,28). The summed E-state index contributed by atoms with van der Waals surface area (Å²) in [6.07, 6.45) is 3.98. The summed E-state index contributed by atoms with van der Waals surface area (Å²) in [5.41, 5.74) is 1.60. The fourth-order valence-corrected chi connectivity index (χ4v) is 3.13. The smallest absolute Gasteiger partial charge is 0.258 e. The molecule has 1 fully saturated rings. The van der Waals surface area contributed by atoms with Gasteiger partial charge in [-0.25, -0.2) is 4.39 Å². The Morgan fingerprint density at radius 1 is 1.28 bits per heavy atom. The lowest BCUT2D eigenvalue weighted by atomic mass is 10.2. The van der Waals surface area contributed by atoms with Crippen LogP contribution in [-0.4, -0.2) is 30.6 Å². The Morgan fingerprint density at radius 2 is 2.14 bits per heavy atom. The molecular formula is C19H14ClFN6O2. The number of pyridine rings is 1. The summed E-state index contributed by atoms with van der Waals surface area (Å²) in [5.74, 6) is 1.17. The number of carbonyl (C=O) groups is 1. The monoisotopic (exact) mass is 412 g/mol. The van der Waals surface area contributed by atoms with Crippen LogP contribution in [0.15, 0.2) is 41.1 Å². The molecule has 146 valence electrons. The van der Waals surface area contributed by atoms with Crippen molar-refractivity contribution in [3.05, 3.63) is 64.6 Å². The molecule has 0 saturated heterocycles. The van der Waals surface area contributed by atoms with Gasteiger partial charge in [0.15, 0.2) is 17.3 Å². The van der Waals surface area contributed by atoms with E-state index in [0.29, 0.717) is 23.3 Å². The molecule has 1 amide bonds. The fraction of sp³-hybridized carbons (Fsp3) is 0.211. The maximum Gasteiger partial charge on any atom is 0.258 e. The number of rotatable bonds is 5. The van der Waals surface area contributed by atoms with Gasteiger partial charge < -0.3 is 9.84 Å².